The quantitative estimate of drug-likeness (QED) is 0.559. The maximum atomic E-state index is 8.67. The maximum absolute atomic E-state index is 8.67. The van der Waals surface area contributed by atoms with Gasteiger partial charge in [0.15, 0.2) is 0 Å². The Bertz CT molecular complexity index is 262. The Hall–Kier alpha value is -0.550. The first-order valence-electron chi connectivity index (χ1n) is 4.55. The monoisotopic (exact) mass is 165 g/mol. The molecular weight excluding hydrogens is 150 g/mol. The van der Waals surface area contributed by atoms with Crippen molar-refractivity contribution in [2.24, 2.45) is 5.41 Å². The lowest BCUT2D eigenvalue weighted by molar-refractivity contribution is 0.120. The molecule has 1 aliphatic heterocycles. The molecule has 2 unspecified atom stereocenters. The number of ether oxygens (including phenoxy) is 1. The molecule has 0 spiro atoms. The van der Waals surface area contributed by atoms with E-state index in [0.717, 1.165) is 6.42 Å². The van der Waals surface area contributed by atoms with Crippen LogP contribution in [0.4, 0.5) is 0 Å². The van der Waals surface area contributed by atoms with Gasteiger partial charge in [-0.2, -0.15) is 5.26 Å². The molecule has 66 valence electrons. The van der Waals surface area contributed by atoms with Crippen LogP contribution >= 0.6 is 0 Å². The van der Waals surface area contributed by atoms with Crippen LogP contribution in [0.5, 0.6) is 0 Å². The molecule has 0 aromatic carbocycles. The summed E-state index contributed by atoms with van der Waals surface area (Å²) in [5.41, 5.74) is 0.158. The lowest BCUT2D eigenvalue weighted by Crippen LogP contribution is -2.29. The molecule has 2 heteroatoms. The number of fused-ring (bicyclic) bond motifs is 1. The van der Waals surface area contributed by atoms with E-state index in [4.69, 9.17) is 10.00 Å². The minimum absolute atomic E-state index is 0.0181. The van der Waals surface area contributed by atoms with E-state index in [-0.39, 0.29) is 16.6 Å². The van der Waals surface area contributed by atoms with Crippen LogP contribution in [-0.4, -0.2) is 11.2 Å². The Kier molecular flexibility index (Phi) is 1.24. The zero-order valence-electron chi connectivity index (χ0n) is 7.98. The maximum Gasteiger partial charge on any atom is 0.111 e. The molecule has 0 bridgehead atoms. The molecule has 1 saturated heterocycles. The van der Waals surface area contributed by atoms with Gasteiger partial charge >= 0.3 is 0 Å². The normalized spacial score (nSPS) is 48.2. The summed E-state index contributed by atoms with van der Waals surface area (Å²) in [6.07, 6.45) is 2.81. The van der Waals surface area contributed by atoms with Gasteiger partial charge in [0.05, 0.1) is 12.5 Å². The predicted octanol–water partition coefficient (Wildman–Crippen LogP) is 2.25. The van der Waals surface area contributed by atoms with Crippen molar-refractivity contribution in [3.63, 3.8) is 0 Å². The molecule has 2 nitrogen and oxygen atoms in total. The van der Waals surface area contributed by atoms with E-state index in [1.54, 1.807) is 0 Å². The fourth-order valence-corrected chi connectivity index (χ4v) is 2.58. The smallest absolute Gasteiger partial charge is 0.111 e. The second kappa shape index (κ2) is 1.85. The van der Waals surface area contributed by atoms with Gasteiger partial charge in [-0.05, 0) is 25.2 Å². The summed E-state index contributed by atoms with van der Waals surface area (Å²) in [7, 11) is 0. The lowest BCUT2D eigenvalue weighted by Gasteiger charge is -2.24. The van der Waals surface area contributed by atoms with Gasteiger partial charge in [-0.15, -0.1) is 0 Å². The fraction of sp³-hybridized carbons (Fsp3) is 0.900. The van der Waals surface area contributed by atoms with E-state index in [2.05, 4.69) is 26.8 Å². The first-order valence-corrected chi connectivity index (χ1v) is 4.55. The molecule has 1 heterocycles. The van der Waals surface area contributed by atoms with Gasteiger partial charge in [0, 0.05) is 0 Å². The van der Waals surface area contributed by atoms with Crippen molar-refractivity contribution in [3.8, 4) is 6.07 Å². The van der Waals surface area contributed by atoms with Crippen molar-refractivity contribution in [2.75, 3.05) is 0 Å². The predicted molar refractivity (Wildman–Crippen MR) is 45.5 cm³/mol. The highest BCUT2D eigenvalue weighted by Gasteiger charge is 2.76. The molecule has 0 N–H and O–H groups in total. The third-order valence-electron chi connectivity index (χ3n) is 4.04. The number of nitrogens with zero attached hydrogens (tertiary/aromatic N) is 1. The van der Waals surface area contributed by atoms with Crippen molar-refractivity contribution in [2.45, 2.75) is 51.2 Å². The van der Waals surface area contributed by atoms with E-state index in [9.17, 15) is 0 Å². The van der Waals surface area contributed by atoms with E-state index in [1.165, 1.54) is 6.42 Å². The minimum atomic E-state index is -0.0781. The van der Waals surface area contributed by atoms with Crippen molar-refractivity contribution >= 4 is 0 Å². The zero-order chi connectivity index (χ0) is 9.04. The SMILES string of the molecule is CC1(C)CCC2(CC#N)OC12C. The van der Waals surface area contributed by atoms with E-state index < -0.39 is 0 Å². The van der Waals surface area contributed by atoms with Crippen molar-refractivity contribution in [3.05, 3.63) is 0 Å². The zero-order valence-corrected chi connectivity index (χ0v) is 7.98. The van der Waals surface area contributed by atoms with Crippen LogP contribution in [0.1, 0.15) is 40.0 Å². The molecule has 0 radical (unpaired) electrons. The molecule has 2 aliphatic rings. The largest absolute Gasteiger partial charge is 0.361 e. The molecule has 0 amide bonds. The summed E-state index contributed by atoms with van der Waals surface area (Å²) in [5, 5.41) is 8.67. The third-order valence-corrected chi connectivity index (χ3v) is 4.04. The van der Waals surface area contributed by atoms with Gasteiger partial charge in [0.1, 0.15) is 11.2 Å². The number of hydrogen-bond acceptors (Lipinski definition) is 2. The Labute approximate surface area is 73.5 Å². The highest BCUT2D eigenvalue weighted by Crippen LogP contribution is 2.69. The summed E-state index contributed by atoms with van der Waals surface area (Å²) in [5.74, 6) is 0. The first kappa shape index (κ1) is 8.07. The van der Waals surface area contributed by atoms with Crippen molar-refractivity contribution in [1.82, 2.24) is 0 Å². The van der Waals surface area contributed by atoms with Crippen LogP contribution in [0.3, 0.4) is 0 Å². The summed E-state index contributed by atoms with van der Waals surface area (Å²) in [6, 6.07) is 2.23. The van der Waals surface area contributed by atoms with Gasteiger partial charge in [0.2, 0.25) is 0 Å². The van der Waals surface area contributed by atoms with Crippen LogP contribution in [0.2, 0.25) is 0 Å². The molecule has 12 heavy (non-hydrogen) atoms. The van der Waals surface area contributed by atoms with Crippen LogP contribution in [0.25, 0.3) is 0 Å². The van der Waals surface area contributed by atoms with Gasteiger partial charge in [-0.3, -0.25) is 0 Å². The first-order chi connectivity index (χ1) is 5.47. The van der Waals surface area contributed by atoms with Crippen LogP contribution in [-0.2, 0) is 4.74 Å². The molecule has 0 aromatic rings. The lowest BCUT2D eigenvalue weighted by atomic mass is 9.79. The van der Waals surface area contributed by atoms with Gasteiger partial charge in [0.25, 0.3) is 0 Å². The van der Waals surface area contributed by atoms with Crippen LogP contribution in [0, 0.1) is 16.7 Å². The van der Waals surface area contributed by atoms with Gasteiger partial charge in [-0.25, -0.2) is 0 Å². The Morgan fingerprint density at radius 2 is 2.00 bits per heavy atom. The minimum Gasteiger partial charge on any atom is -0.361 e. The summed E-state index contributed by atoms with van der Waals surface area (Å²) < 4.78 is 5.76. The molecule has 1 aliphatic carbocycles. The molecule has 1 saturated carbocycles. The fourth-order valence-electron chi connectivity index (χ4n) is 2.58. The summed E-state index contributed by atoms with van der Waals surface area (Å²) in [4.78, 5) is 0. The van der Waals surface area contributed by atoms with Crippen molar-refractivity contribution in [1.29, 1.82) is 5.26 Å². The molecular formula is C10H15NO. The molecule has 0 aromatic heterocycles. The number of hydrogen-bond donors (Lipinski definition) is 0. The highest BCUT2D eigenvalue weighted by atomic mass is 16.6. The second-order valence-corrected chi connectivity index (χ2v) is 4.85. The van der Waals surface area contributed by atoms with Gasteiger partial charge in [-0.1, -0.05) is 13.8 Å². The van der Waals surface area contributed by atoms with Gasteiger partial charge < -0.3 is 4.74 Å². The average molecular weight is 165 g/mol. The molecule has 2 atom stereocenters. The summed E-state index contributed by atoms with van der Waals surface area (Å²) in [6.45, 7) is 6.62. The second-order valence-electron chi connectivity index (χ2n) is 4.85. The average Bonchev–Trinajstić information content (AvgIpc) is 2.51. The Balaban J connectivity index is 2.26. The van der Waals surface area contributed by atoms with E-state index in [1.807, 2.05) is 0 Å². The standard InChI is InChI=1S/C10H15NO/c1-8(2)4-5-10(6-7-11)9(8,3)12-10/h4-6H2,1-3H3. The molecule has 2 rings (SSSR count). The topological polar surface area (TPSA) is 36.3 Å². The third kappa shape index (κ3) is 0.641. The van der Waals surface area contributed by atoms with Crippen LogP contribution < -0.4 is 0 Å². The number of nitriles is 1. The van der Waals surface area contributed by atoms with Crippen molar-refractivity contribution < 1.29 is 4.74 Å². The molecule has 2 fully saturated rings. The number of epoxide rings is 1. The van der Waals surface area contributed by atoms with Crippen LogP contribution in [0.15, 0.2) is 0 Å². The Morgan fingerprint density at radius 3 is 2.33 bits per heavy atom. The number of rotatable bonds is 1. The van der Waals surface area contributed by atoms with E-state index >= 15 is 0 Å². The Morgan fingerprint density at radius 1 is 1.33 bits per heavy atom. The highest BCUT2D eigenvalue weighted by molar-refractivity contribution is 5.26. The summed E-state index contributed by atoms with van der Waals surface area (Å²) >= 11 is 0. The van der Waals surface area contributed by atoms with E-state index in [0.29, 0.717) is 6.42 Å².